The number of carbonyl (C=O) groups is 4. The number of likely N-dealkylation sites (tertiary alicyclic amines) is 2. The molecule has 1 aromatic rings. The van der Waals surface area contributed by atoms with E-state index in [0.717, 1.165) is 4.90 Å². The predicted octanol–water partition coefficient (Wildman–Crippen LogP) is 3.58. The first kappa shape index (κ1) is 32.8. The van der Waals surface area contributed by atoms with E-state index in [-0.39, 0.29) is 13.0 Å². The third kappa shape index (κ3) is 7.38. The van der Waals surface area contributed by atoms with Gasteiger partial charge in [0.1, 0.15) is 29.4 Å². The first-order chi connectivity index (χ1) is 19.2. The molecule has 1 N–H and O–H groups in total. The summed E-state index contributed by atoms with van der Waals surface area (Å²) in [4.78, 5) is 53.1. The van der Waals surface area contributed by atoms with E-state index in [9.17, 15) is 46.2 Å². The van der Waals surface area contributed by atoms with Gasteiger partial charge < -0.3 is 24.1 Å². The molecular weight excluding hydrogens is 579 g/mol. The second-order valence-electron chi connectivity index (χ2n) is 11.8. The Kier molecular flexibility index (Phi) is 9.29. The number of ether oxygens (including phenoxy) is 4. The number of amides is 2. The van der Waals surface area contributed by atoms with Crippen LogP contribution in [-0.4, -0.2) is 87.6 Å². The Morgan fingerprint density at radius 1 is 0.690 bits per heavy atom. The molecule has 42 heavy (non-hydrogen) atoms. The number of esters is 2. The Balaban J connectivity index is 1.83. The van der Waals surface area contributed by atoms with Crippen LogP contribution in [0.25, 0.3) is 0 Å². The molecule has 234 valence electrons. The topological polar surface area (TPSA) is 132 Å². The zero-order valence-electron chi connectivity index (χ0n) is 23.6. The van der Waals surface area contributed by atoms with Crippen molar-refractivity contribution in [2.24, 2.45) is 0 Å². The summed E-state index contributed by atoms with van der Waals surface area (Å²) in [6.07, 6.45) is -5.11. The molecule has 2 amide bonds. The maximum atomic E-state index is 14.2. The summed E-state index contributed by atoms with van der Waals surface area (Å²) >= 11 is 0. The van der Waals surface area contributed by atoms with E-state index in [1.807, 2.05) is 0 Å². The van der Waals surface area contributed by atoms with Gasteiger partial charge in [0, 0.05) is 12.8 Å². The van der Waals surface area contributed by atoms with E-state index in [1.165, 1.54) is 20.8 Å². The molecule has 2 saturated heterocycles. The number of rotatable bonds is 4. The normalized spacial score (nSPS) is 22.7. The van der Waals surface area contributed by atoms with Gasteiger partial charge in [0.2, 0.25) is 34.8 Å². The minimum atomic E-state index is -2.47. The molecule has 11 nitrogen and oxygen atoms in total. The largest absolute Gasteiger partial charge is 0.459 e. The summed E-state index contributed by atoms with van der Waals surface area (Å²) in [7, 11) is 0. The molecule has 2 heterocycles. The van der Waals surface area contributed by atoms with E-state index in [1.54, 1.807) is 20.8 Å². The van der Waals surface area contributed by atoms with Crippen molar-refractivity contribution >= 4 is 24.1 Å². The minimum absolute atomic E-state index is 0.202. The maximum absolute atomic E-state index is 14.2. The summed E-state index contributed by atoms with van der Waals surface area (Å²) in [6.45, 7) is 8.55. The van der Waals surface area contributed by atoms with Gasteiger partial charge in [-0.15, -0.1) is 0 Å². The highest BCUT2D eigenvalue weighted by atomic mass is 19.2. The van der Waals surface area contributed by atoms with Gasteiger partial charge in [0.15, 0.2) is 0 Å². The highest BCUT2D eigenvalue weighted by Gasteiger charge is 2.47. The zero-order chi connectivity index (χ0) is 31.9. The smallest absolute Gasteiger partial charge is 0.411 e. The van der Waals surface area contributed by atoms with Gasteiger partial charge in [-0.25, -0.2) is 32.3 Å². The van der Waals surface area contributed by atoms with Crippen molar-refractivity contribution < 1.29 is 65.2 Å². The average Bonchev–Trinajstić information content (AvgIpc) is 3.46. The highest BCUT2D eigenvalue weighted by molar-refractivity contribution is 5.85. The van der Waals surface area contributed by atoms with E-state index in [0.29, 0.717) is 4.90 Å². The standard InChI is InChI=1S/C26H31F5N2O9/c1-25(2,3)41-23(37)32-9-11(34)7-13(32)21(35)39-12-8-14(33(10-12)24(38)42-26(4,5)6)22(36)40-20-18(30)16(28)15(27)17(29)19(20)31/h11-14,34H,7-10H2,1-6H3/t11-,12-,13+,14+/m1/s1. The molecule has 0 saturated carbocycles. The van der Waals surface area contributed by atoms with Crippen LogP contribution in [0.5, 0.6) is 5.75 Å². The SMILES string of the molecule is CC(C)(C)OC(=O)N1C[C@H](OC(=O)[C@@H]2C[C@@H](O)CN2C(=O)OC(C)(C)C)C[C@H]1C(=O)Oc1c(F)c(F)c(F)c(F)c1F. The Labute approximate surface area is 237 Å². The molecule has 2 aliphatic heterocycles. The van der Waals surface area contributed by atoms with Crippen molar-refractivity contribution in [2.75, 3.05) is 13.1 Å². The van der Waals surface area contributed by atoms with Crippen molar-refractivity contribution in [3.63, 3.8) is 0 Å². The molecule has 2 aliphatic rings. The predicted molar refractivity (Wildman–Crippen MR) is 130 cm³/mol. The van der Waals surface area contributed by atoms with Crippen LogP contribution in [0, 0.1) is 29.1 Å². The fourth-order valence-electron chi connectivity index (χ4n) is 4.27. The molecule has 0 bridgehead atoms. The summed E-state index contributed by atoms with van der Waals surface area (Å²) < 4.78 is 89.4. The molecule has 4 atom stereocenters. The van der Waals surface area contributed by atoms with E-state index >= 15 is 0 Å². The molecule has 0 unspecified atom stereocenters. The third-order valence-corrected chi connectivity index (χ3v) is 6.00. The van der Waals surface area contributed by atoms with Gasteiger partial charge in [-0.3, -0.25) is 9.80 Å². The average molecular weight is 611 g/mol. The summed E-state index contributed by atoms with van der Waals surface area (Å²) in [5, 5.41) is 10.1. The fraction of sp³-hybridized carbons (Fsp3) is 0.615. The maximum Gasteiger partial charge on any atom is 0.411 e. The molecule has 0 spiro atoms. The number of hydrogen-bond donors (Lipinski definition) is 1. The Morgan fingerprint density at radius 3 is 1.60 bits per heavy atom. The van der Waals surface area contributed by atoms with Crippen molar-refractivity contribution in [1.82, 2.24) is 9.80 Å². The number of aliphatic hydroxyl groups excluding tert-OH is 1. The summed E-state index contributed by atoms with van der Waals surface area (Å²) in [6, 6.07) is -3.03. The first-order valence-electron chi connectivity index (χ1n) is 12.8. The van der Waals surface area contributed by atoms with Crippen LogP contribution >= 0.6 is 0 Å². The minimum Gasteiger partial charge on any atom is -0.459 e. The van der Waals surface area contributed by atoms with E-state index < -0.39 is 107 Å². The van der Waals surface area contributed by atoms with Crippen LogP contribution in [0.3, 0.4) is 0 Å². The Bertz CT molecular complexity index is 1240. The second-order valence-corrected chi connectivity index (χ2v) is 11.8. The molecule has 0 aliphatic carbocycles. The molecule has 0 radical (unpaired) electrons. The lowest BCUT2D eigenvalue weighted by molar-refractivity contribution is -0.154. The van der Waals surface area contributed by atoms with Crippen molar-refractivity contribution in [2.45, 2.75) is 89.9 Å². The zero-order valence-corrected chi connectivity index (χ0v) is 23.6. The number of nitrogens with zero attached hydrogens (tertiary/aromatic N) is 2. The molecule has 16 heteroatoms. The third-order valence-electron chi connectivity index (χ3n) is 6.00. The lowest BCUT2D eigenvalue weighted by Crippen LogP contribution is -2.45. The first-order valence-corrected chi connectivity index (χ1v) is 12.8. The van der Waals surface area contributed by atoms with Gasteiger partial charge >= 0.3 is 24.1 Å². The number of halogens is 5. The van der Waals surface area contributed by atoms with Crippen LogP contribution in [-0.2, 0) is 23.8 Å². The van der Waals surface area contributed by atoms with Gasteiger partial charge in [-0.1, -0.05) is 0 Å². The number of benzene rings is 1. The number of aliphatic hydroxyl groups is 1. The molecule has 1 aromatic carbocycles. The van der Waals surface area contributed by atoms with Crippen LogP contribution in [0.15, 0.2) is 0 Å². The van der Waals surface area contributed by atoms with Crippen molar-refractivity contribution in [3.8, 4) is 5.75 Å². The van der Waals surface area contributed by atoms with Crippen LogP contribution < -0.4 is 4.74 Å². The highest BCUT2D eigenvalue weighted by Crippen LogP contribution is 2.32. The van der Waals surface area contributed by atoms with Gasteiger partial charge in [0.05, 0.1) is 19.2 Å². The lowest BCUT2D eigenvalue weighted by atomic mass is 10.1. The van der Waals surface area contributed by atoms with Gasteiger partial charge in [-0.2, -0.15) is 8.78 Å². The Morgan fingerprint density at radius 2 is 1.12 bits per heavy atom. The molecule has 3 rings (SSSR count). The van der Waals surface area contributed by atoms with Crippen LogP contribution in [0.1, 0.15) is 54.4 Å². The van der Waals surface area contributed by atoms with Gasteiger partial charge in [-0.05, 0) is 41.5 Å². The van der Waals surface area contributed by atoms with E-state index in [2.05, 4.69) is 4.74 Å². The fourth-order valence-corrected chi connectivity index (χ4v) is 4.27. The lowest BCUT2D eigenvalue weighted by Gasteiger charge is -2.28. The van der Waals surface area contributed by atoms with Gasteiger partial charge in [0.25, 0.3) is 0 Å². The molecular formula is C26H31F5N2O9. The van der Waals surface area contributed by atoms with Crippen molar-refractivity contribution in [1.29, 1.82) is 0 Å². The Hall–Kier alpha value is -3.69. The molecule has 2 fully saturated rings. The summed E-state index contributed by atoms with van der Waals surface area (Å²) in [5.74, 6) is -16.5. The van der Waals surface area contributed by atoms with Crippen molar-refractivity contribution in [3.05, 3.63) is 29.1 Å². The number of hydrogen-bond acceptors (Lipinski definition) is 9. The number of carbonyl (C=O) groups excluding carboxylic acids is 4. The molecule has 0 aromatic heterocycles. The second kappa shape index (κ2) is 11.9. The van der Waals surface area contributed by atoms with E-state index in [4.69, 9.17) is 14.2 Å². The quantitative estimate of drug-likeness (QED) is 0.136. The number of β-amino-alcohol motifs (C(OH)–C–C–N with tert-alkyl or cyclic N) is 1. The summed E-state index contributed by atoms with van der Waals surface area (Å²) in [5.41, 5.74) is -2.00. The van der Waals surface area contributed by atoms with Crippen LogP contribution in [0.2, 0.25) is 0 Å². The van der Waals surface area contributed by atoms with Crippen LogP contribution in [0.4, 0.5) is 31.5 Å². The monoisotopic (exact) mass is 610 g/mol.